The fraction of sp³-hybridized carbons (Fsp3) is 0.143. The maximum absolute atomic E-state index is 4.84. The van der Waals surface area contributed by atoms with Gasteiger partial charge in [-0.15, -0.1) is 0 Å². The van der Waals surface area contributed by atoms with Crippen LogP contribution in [0.4, 0.5) is 5.69 Å². The highest BCUT2D eigenvalue weighted by Crippen LogP contribution is 2.01. The highest BCUT2D eigenvalue weighted by molar-refractivity contribution is 7.80. The minimum absolute atomic E-state index is 0. The first kappa shape index (κ1) is 7.15. The van der Waals surface area contributed by atoms with Gasteiger partial charge in [0.15, 0.2) is 0 Å². The fourth-order valence-electron chi connectivity index (χ4n) is 0.640. The lowest BCUT2D eigenvalue weighted by Crippen LogP contribution is -2.02. The molecule has 0 amide bonds. The number of anilines is 1. The third-order valence-electron chi connectivity index (χ3n) is 0.982. The SMILES string of the molecule is CC(=S)Nc1cccnc1.[HH]. The molecule has 3 heteroatoms. The second kappa shape index (κ2) is 3.27. The van der Waals surface area contributed by atoms with Gasteiger partial charge in [-0.3, -0.25) is 4.98 Å². The first-order chi connectivity index (χ1) is 4.79. The predicted molar refractivity (Wildman–Crippen MR) is 48.2 cm³/mol. The van der Waals surface area contributed by atoms with Crippen LogP contribution in [-0.2, 0) is 0 Å². The van der Waals surface area contributed by atoms with Crippen molar-refractivity contribution in [1.82, 2.24) is 4.98 Å². The summed E-state index contributed by atoms with van der Waals surface area (Å²) in [5.74, 6) is 0. The molecule has 1 rings (SSSR count). The number of hydrogen-bond donors (Lipinski definition) is 1. The van der Waals surface area contributed by atoms with E-state index in [1.54, 1.807) is 12.4 Å². The van der Waals surface area contributed by atoms with Gasteiger partial charge in [-0.2, -0.15) is 0 Å². The molecule has 1 heterocycles. The van der Waals surface area contributed by atoms with Crippen LogP contribution < -0.4 is 5.32 Å². The minimum atomic E-state index is 0. The lowest BCUT2D eigenvalue weighted by atomic mass is 10.4. The Morgan fingerprint density at radius 1 is 1.80 bits per heavy atom. The third kappa shape index (κ3) is 2.11. The van der Waals surface area contributed by atoms with Gasteiger partial charge >= 0.3 is 0 Å². The average molecular weight is 154 g/mol. The van der Waals surface area contributed by atoms with E-state index in [0.29, 0.717) is 0 Å². The van der Waals surface area contributed by atoms with Crippen molar-refractivity contribution in [3.8, 4) is 0 Å². The highest BCUT2D eigenvalue weighted by Gasteiger charge is 1.87. The maximum Gasteiger partial charge on any atom is 0.0766 e. The van der Waals surface area contributed by atoms with Crippen LogP contribution in [0.15, 0.2) is 24.5 Å². The standard InChI is InChI=1S/C7H8N2S.H2/c1-6(10)9-7-3-2-4-8-5-7;/h2-5H,1H3,(H,9,10);1H. The van der Waals surface area contributed by atoms with Crippen molar-refractivity contribution in [2.24, 2.45) is 0 Å². The van der Waals surface area contributed by atoms with Crippen LogP contribution in [0.2, 0.25) is 0 Å². The summed E-state index contributed by atoms with van der Waals surface area (Å²) >= 11 is 4.84. The van der Waals surface area contributed by atoms with E-state index in [0.717, 1.165) is 10.7 Å². The van der Waals surface area contributed by atoms with Crippen LogP contribution in [-0.4, -0.2) is 9.97 Å². The molecule has 0 saturated heterocycles. The predicted octanol–water partition coefficient (Wildman–Crippen LogP) is 2.09. The van der Waals surface area contributed by atoms with E-state index < -0.39 is 0 Å². The number of hydrogen-bond acceptors (Lipinski definition) is 2. The Kier molecular flexibility index (Phi) is 2.34. The largest absolute Gasteiger partial charge is 0.349 e. The zero-order chi connectivity index (χ0) is 7.40. The van der Waals surface area contributed by atoms with Crippen LogP contribution in [0.25, 0.3) is 0 Å². The van der Waals surface area contributed by atoms with Gasteiger partial charge in [0.2, 0.25) is 0 Å². The molecule has 0 fully saturated rings. The molecule has 0 aromatic carbocycles. The van der Waals surface area contributed by atoms with Crippen molar-refractivity contribution < 1.29 is 1.43 Å². The number of aromatic nitrogens is 1. The van der Waals surface area contributed by atoms with Crippen molar-refractivity contribution in [2.75, 3.05) is 5.32 Å². The van der Waals surface area contributed by atoms with Crippen molar-refractivity contribution in [2.45, 2.75) is 6.92 Å². The molecule has 0 aliphatic heterocycles. The first-order valence-corrected chi connectivity index (χ1v) is 3.37. The molecule has 1 N–H and O–H groups in total. The van der Waals surface area contributed by atoms with Crippen molar-refractivity contribution in [1.29, 1.82) is 0 Å². The summed E-state index contributed by atoms with van der Waals surface area (Å²) in [6, 6.07) is 3.78. The van der Waals surface area contributed by atoms with Crippen molar-refractivity contribution in [3.05, 3.63) is 24.5 Å². The molecule has 1 aromatic rings. The zero-order valence-electron chi connectivity index (χ0n) is 5.66. The molecule has 0 radical (unpaired) electrons. The smallest absolute Gasteiger partial charge is 0.0766 e. The van der Waals surface area contributed by atoms with Crippen molar-refractivity contribution in [3.63, 3.8) is 0 Å². The Morgan fingerprint density at radius 2 is 2.60 bits per heavy atom. The number of nitrogens with one attached hydrogen (secondary N) is 1. The number of thiocarbonyl (C=S) groups is 1. The molecule has 0 aliphatic rings. The summed E-state index contributed by atoms with van der Waals surface area (Å²) in [5.41, 5.74) is 0.940. The van der Waals surface area contributed by atoms with E-state index >= 15 is 0 Å². The summed E-state index contributed by atoms with van der Waals surface area (Å²) in [5, 5.41) is 2.97. The van der Waals surface area contributed by atoms with Gasteiger partial charge in [-0.25, -0.2) is 0 Å². The first-order valence-electron chi connectivity index (χ1n) is 2.96. The van der Waals surface area contributed by atoms with Crippen LogP contribution >= 0.6 is 12.2 Å². The summed E-state index contributed by atoms with van der Waals surface area (Å²) < 4.78 is 0. The van der Waals surface area contributed by atoms with E-state index in [1.165, 1.54) is 0 Å². The van der Waals surface area contributed by atoms with Gasteiger partial charge in [0, 0.05) is 7.62 Å². The lowest BCUT2D eigenvalue weighted by Gasteiger charge is -2.00. The molecule has 0 unspecified atom stereocenters. The second-order valence-corrected chi connectivity index (χ2v) is 2.54. The monoisotopic (exact) mass is 154 g/mol. The normalized spacial score (nSPS) is 8.90. The maximum atomic E-state index is 4.84. The minimum Gasteiger partial charge on any atom is -0.349 e. The number of pyridine rings is 1. The van der Waals surface area contributed by atoms with Crippen LogP contribution in [0, 0.1) is 0 Å². The van der Waals surface area contributed by atoms with Gasteiger partial charge in [0.05, 0.1) is 16.9 Å². The zero-order valence-corrected chi connectivity index (χ0v) is 6.48. The van der Waals surface area contributed by atoms with Crippen LogP contribution in [0.5, 0.6) is 0 Å². The van der Waals surface area contributed by atoms with Crippen molar-refractivity contribution >= 4 is 22.9 Å². The Morgan fingerprint density at radius 3 is 3.10 bits per heavy atom. The molecule has 1 aromatic heterocycles. The molecule has 54 valence electrons. The molecule has 0 atom stereocenters. The Bertz CT molecular complexity index is 225. The van der Waals surface area contributed by atoms with E-state index in [-0.39, 0.29) is 1.43 Å². The molecule has 0 spiro atoms. The summed E-state index contributed by atoms with van der Waals surface area (Å²) in [7, 11) is 0. The molecule has 2 nitrogen and oxygen atoms in total. The number of rotatable bonds is 1. The van der Waals surface area contributed by atoms with Crippen LogP contribution in [0.1, 0.15) is 8.35 Å². The summed E-state index contributed by atoms with van der Waals surface area (Å²) in [6.45, 7) is 1.84. The van der Waals surface area contributed by atoms with E-state index in [2.05, 4.69) is 10.3 Å². The number of nitrogens with zero attached hydrogens (tertiary/aromatic N) is 1. The summed E-state index contributed by atoms with van der Waals surface area (Å²) in [6.07, 6.45) is 3.46. The molecular weight excluding hydrogens is 144 g/mol. The Labute approximate surface area is 66.8 Å². The molecule has 10 heavy (non-hydrogen) atoms. The fourth-order valence-corrected chi connectivity index (χ4v) is 0.758. The average Bonchev–Trinajstić information content (AvgIpc) is 1.88. The topological polar surface area (TPSA) is 24.9 Å². The van der Waals surface area contributed by atoms with E-state index in [4.69, 9.17) is 12.2 Å². The Balaban J connectivity index is 0.000001000. The van der Waals surface area contributed by atoms with Gasteiger partial charge < -0.3 is 5.32 Å². The van der Waals surface area contributed by atoms with Gasteiger partial charge in [-0.05, 0) is 19.1 Å². The molecular formula is C7H10N2S. The Hall–Kier alpha value is -0.960. The van der Waals surface area contributed by atoms with Gasteiger partial charge in [-0.1, -0.05) is 12.2 Å². The third-order valence-corrected chi connectivity index (χ3v) is 1.08. The molecule has 0 saturated carbocycles. The quantitative estimate of drug-likeness (QED) is 0.627. The second-order valence-electron chi connectivity index (χ2n) is 1.92. The van der Waals surface area contributed by atoms with E-state index in [1.807, 2.05) is 19.1 Å². The molecule has 0 aliphatic carbocycles. The van der Waals surface area contributed by atoms with Gasteiger partial charge in [0.1, 0.15) is 0 Å². The molecule has 0 bridgehead atoms. The van der Waals surface area contributed by atoms with Crippen LogP contribution in [0.3, 0.4) is 0 Å². The van der Waals surface area contributed by atoms with Gasteiger partial charge in [0.25, 0.3) is 0 Å². The highest BCUT2D eigenvalue weighted by atomic mass is 32.1. The lowest BCUT2D eigenvalue weighted by molar-refractivity contribution is 1.33. The van der Waals surface area contributed by atoms with E-state index in [9.17, 15) is 0 Å². The summed E-state index contributed by atoms with van der Waals surface area (Å²) in [4.78, 5) is 4.67.